The van der Waals surface area contributed by atoms with Crippen molar-refractivity contribution in [2.75, 3.05) is 6.54 Å². The molecule has 2 amide bonds. The van der Waals surface area contributed by atoms with E-state index < -0.39 is 5.54 Å². The summed E-state index contributed by atoms with van der Waals surface area (Å²) in [6.07, 6.45) is 4.28. The second kappa shape index (κ2) is 4.33. The molecule has 1 unspecified atom stereocenters. The molecule has 1 saturated heterocycles. The van der Waals surface area contributed by atoms with Crippen molar-refractivity contribution in [3.63, 3.8) is 0 Å². The lowest BCUT2D eigenvalue weighted by Crippen LogP contribution is -2.51. The van der Waals surface area contributed by atoms with Gasteiger partial charge in [0.25, 0.3) is 5.91 Å². The van der Waals surface area contributed by atoms with Gasteiger partial charge in [-0.3, -0.25) is 9.59 Å². The van der Waals surface area contributed by atoms with Gasteiger partial charge in [0.1, 0.15) is 11.2 Å². The van der Waals surface area contributed by atoms with Crippen molar-refractivity contribution < 1.29 is 9.59 Å². The predicted molar refractivity (Wildman–Crippen MR) is 73.4 cm³/mol. The van der Waals surface area contributed by atoms with Crippen LogP contribution in [-0.2, 0) is 4.79 Å². The second-order valence-electron chi connectivity index (χ2n) is 5.36. The Hall–Kier alpha value is -2.37. The number of nitrogens with zero attached hydrogens (tertiary/aromatic N) is 2. The molecular weight excluding hydrogens is 256 g/mol. The summed E-state index contributed by atoms with van der Waals surface area (Å²) >= 11 is 0. The SMILES string of the molecule is Cc1cn2ccc(C(=O)NC3(C)CCNC3=O)cc2n1. The van der Waals surface area contributed by atoms with Gasteiger partial charge in [-0.2, -0.15) is 0 Å². The Morgan fingerprint density at radius 3 is 3.05 bits per heavy atom. The summed E-state index contributed by atoms with van der Waals surface area (Å²) in [5.41, 5.74) is 1.29. The van der Waals surface area contributed by atoms with E-state index >= 15 is 0 Å². The minimum Gasteiger partial charge on any atom is -0.354 e. The highest BCUT2D eigenvalue weighted by Gasteiger charge is 2.39. The molecule has 1 fully saturated rings. The van der Waals surface area contributed by atoms with Crippen molar-refractivity contribution in [2.45, 2.75) is 25.8 Å². The average molecular weight is 272 g/mol. The van der Waals surface area contributed by atoms with E-state index in [9.17, 15) is 9.59 Å². The Morgan fingerprint density at radius 1 is 1.55 bits per heavy atom. The number of fused-ring (bicyclic) bond motifs is 1. The third-order valence-electron chi connectivity index (χ3n) is 3.64. The molecule has 0 spiro atoms. The van der Waals surface area contributed by atoms with E-state index in [0.29, 0.717) is 18.5 Å². The first-order valence-corrected chi connectivity index (χ1v) is 6.54. The number of pyridine rings is 1. The fourth-order valence-corrected chi connectivity index (χ4v) is 2.43. The van der Waals surface area contributed by atoms with Gasteiger partial charge in [0, 0.05) is 24.5 Å². The lowest BCUT2D eigenvalue weighted by atomic mass is 10.00. The van der Waals surface area contributed by atoms with Crippen molar-refractivity contribution in [3.05, 3.63) is 35.8 Å². The van der Waals surface area contributed by atoms with E-state index in [4.69, 9.17) is 0 Å². The Labute approximate surface area is 116 Å². The molecule has 2 N–H and O–H groups in total. The number of hydrogen-bond acceptors (Lipinski definition) is 3. The average Bonchev–Trinajstić information content (AvgIpc) is 2.91. The van der Waals surface area contributed by atoms with Crippen LogP contribution in [0.15, 0.2) is 24.5 Å². The van der Waals surface area contributed by atoms with E-state index in [2.05, 4.69) is 15.6 Å². The highest BCUT2D eigenvalue weighted by molar-refractivity contribution is 6.00. The maximum absolute atomic E-state index is 12.3. The molecule has 1 atom stereocenters. The number of amides is 2. The van der Waals surface area contributed by atoms with Gasteiger partial charge >= 0.3 is 0 Å². The number of imidazole rings is 1. The van der Waals surface area contributed by atoms with Gasteiger partial charge in [0.2, 0.25) is 5.91 Å². The monoisotopic (exact) mass is 272 g/mol. The lowest BCUT2D eigenvalue weighted by Gasteiger charge is -2.22. The first-order valence-electron chi connectivity index (χ1n) is 6.54. The minimum absolute atomic E-state index is 0.136. The summed E-state index contributed by atoms with van der Waals surface area (Å²) in [6.45, 7) is 4.23. The summed E-state index contributed by atoms with van der Waals surface area (Å²) in [5, 5.41) is 5.53. The molecule has 1 aliphatic rings. The molecule has 6 heteroatoms. The van der Waals surface area contributed by atoms with Crippen molar-refractivity contribution >= 4 is 17.5 Å². The molecule has 0 bridgehead atoms. The summed E-state index contributed by atoms with van der Waals surface area (Å²) in [7, 11) is 0. The molecule has 2 aromatic rings. The van der Waals surface area contributed by atoms with Gasteiger partial charge in [-0.05, 0) is 32.4 Å². The van der Waals surface area contributed by atoms with Gasteiger partial charge in [0.15, 0.2) is 0 Å². The molecule has 2 aromatic heterocycles. The van der Waals surface area contributed by atoms with Crippen molar-refractivity contribution in [1.82, 2.24) is 20.0 Å². The lowest BCUT2D eigenvalue weighted by molar-refractivity contribution is -0.123. The van der Waals surface area contributed by atoms with Crippen LogP contribution >= 0.6 is 0 Å². The van der Waals surface area contributed by atoms with Gasteiger partial charge < -0.3 is 15.0 Å². The van der Waals surface area contributed by atoms with Crippen molar-refractivity contribution in [1.29, 1.82) is 0 Å². The number of aryl methyl sites for hydroxylation is 1. The Morgan fingerprint density at radius 2 is 2.35 bits per heavy atom. The number of aromatic nitrogens is 2. The number of hydrogen-bond donors (Lipinski definition) is 2. The van der Waals surface area contributed by atoms with Crippen LogP contribution in [0.4, 0.5) is 0 Å². The zero-order valence-electron chi connectivity index (χ0n) is 11.4. The molecule has 3 rings (SSSR count). The van der Waals surface area contributed by atoms with Crippen LogP contribution in [0.1, 0.15) is 29.4 Å². The Kier molecular flexibility index (Phi) is 2.74. The van der Waals surface area contributed by atoms with Gasteiger partial charge in [-0.25, -0.2) is 4.98 Å². The van der Waals surface area contributed by atoms with Crippen LogP contribution in [0.2, 0.25) is 0 Å². The number of nitrogens with one attached hydrogen (secondary N) is 2. The molecule has 1 aliphatic heterocycles. The zero-order chi connectivity index (χ0) is 14.3. The maximum atomic E-state index is 12.3. The van der Waals surface area contributed by atoms with E-state index in [1.807, 2.05) is 17.5 Å². The van der Waals surface area contributed by atoms with E-state index in [1.165, 1.54) is 0 Å². The van der Waals surface area contributed by atoms with Crippen LogP contribution in [-0.4, -0.2) is 33.3 Å². The first-order chi connectivity index (χ1) is 9.48. The van der Waals surface area contributed by atoms with E-state index in [-0.39, 0.29) is 11.8 Å². The van der Waals surface area contributed by atoms with Crippen molar-refractivity contribution in [2.24, 2.45) is 0 Å². The first kappa shape index (κ1) is 12.7. The van der Waals surface area contributed by atoms with Crippen LogP contribution in [0.5, 0.6) is 0 Å². The summed E-state index contributed by atoms with van der Waals surface area (Å²) < 4.78 is 1.86. The smallest absolute Gasteiger partial charge is 0.252 e. The third kappa shape index (κ3) is 2.03. The van der Waals surface area contributed by atoms with Crippen LogP contribution in [0.3, 0.4) is 0 Å². The summed E-state index contributed by atoms with van der Waals surface area (Å²) in [5.74, 6) is -0.392. The molecule has 0 aromatic carbocycles. The number of rotatable bonds is 2. The highest BCUT2D eigenvalue weighted by atomic mass is 16.2. The third-order valence-corrected chi connectivity index (χ3v) is 3.64. The molecule has 104 valence electrons. The fraction of sp³-hybridized carbons (Fsp3) is 0.357. The normalized spacial score (nSPS) is 22.0. The number of carbonyl (C=O) groups excluding carboxylic acids is 2. The molecule has 20 heavy (non-hydrogen) atoms. The van der Waals surface area contributed by atoms with Crippen LogP contribution < -0.4 is 10.6 Å². The molecule has 6 nitrogen and oxygen atoms in total. The zero-order valence-corrected chi connectivity index (χ0v) is 11.4. The molecular formula is C14H16N4O2. The second-order valence-corrected chi connectivity index (χ2v) is 5.36. The number of carbonyl (C=O) groups is 2. The maximum Gasteiger partial charge on any atom is 0.252 e. The van der Waals surface area contributed by atoms with Crippen LogP contribution in [0, 0.1) is 6.92 Å². The van der Waals surface area contributed by atoms with E-state index in [1.54, 1.807) is 25.3 Å². The Bertz CT molecular complexity index is 706. The quantitative estimate of drug-likeness (QED) is 0.843. The Balaban J connectivity index is 1.87. The molecule has 3 heterocycles. The molecule has 0 aliphatic carbocycles. The summed E-state index contributed by atoms with van der Waals surface area (Å²) in [4.78, 5) is 28.3. The predicted octanol–water partition coefficient (Wildman–Crippen LogP) is 0.651. The largest absolute Gasteiger partial charge is 0.354 e. The minimum atomic E-state index is -0.825. The van der Waals surface area contributed by atoms with Gasteiger partial charge in [0.05, 0.1) is 5.69 Å². The molecule has 0 radical (unpaired) electrons. The summed E-state index contributed by atoms with van der Waals surface area (Å²) in [6, 6.07) is 3.44. The topological polar surface area (TPSA) is 75.5 Å². The van der Waals surface area contributed by atoms with Crippen molar-refractivity contribution in [3.8, 4) is 0 Å². The highest BCUT2D eigenvalue weighted by Crippen LogP contribution is 2.16. The van der Waals surface area contributed by atoms with Crippen LogP contribution in [0.25, 0.3) is 5.65 Å². The standard InChI is InChI=1S/C14H16N4O2/c1-9-8-18-6-3-10(7-11(18)16-9)12(19)17-14(2)4-5-15-13(14)20/h3,6-8H,4-5H2,1-2H3,(H,15,20)(H,17,19). The fourth-order valence-electron chi connectivity index (χ4n) is 2.43. The van der Waals surface area contributed by atoms with Gasteiger partial charge in [-0.1, -0.05) is 0 Å². The van der Waals surface area contributed by atoms with E-state index in [0.717, 1.165) is 11.3 Å². The van der Waals surface area contributed by atoms with Gasteiger partial charge in [-0.15, -0.1) is 0 Å². The molecule has 0 saturated carbocycles.